The Labute approximate surface area is 131 Å². The van der Waals surface area contributed by atoms with Gasteiger partial charge in [0.2, 0.25) is 0 Å². The fourth-order valence-corrected chi connectivity index (χ4v) is 2.39. The van der Waals surface area contributed by atoms with E-state index in [0.29, 0.717) is 0 Å². The Hall–Kier alpha value is -1.58. The second kappa shape index (κ2) is 7.43. The average molecular weight is 305 g/mol. The highest BCUT2D eigenvalue weighted by Gasteiger charge is 2.06. The first kappa shape index (κ1) is 15.8. The van der Waals surface area contributed by atoms with Gasteiger partial charge >= 0.3 is 0 Å². The molecule has 0 amide bonds. The summed E-state index contributed by atoms with van der Waals surface area (Å²) in [7, 11) is 0. The lowest BCUT2D eigenvalue weighted by molar-refractivity contribution is 0.477. The minimum absolute atomic E-state index is 0.242. The van der Waals surface area contributed by atoms with Gasteiger partial charge in [-0.3, -0.25) is 4.98 Å². The largest absolute Gasteiger partial charge is 0.456 e. The normalized spacial score (nSPS) is 12.2. The standard InChI is InChI=1S/C17H21ClN2O/c1-4-13-10-14(6-8-16(13)18)21-15-7-9-17(20-11-15)12(3)19-5-2/h6-12,19H,4-5H2,1-3H3. The third-order valence-electron chi connectivity index (χ3n) is 3.35. The van der Waals surface area contributed by atoms with Crippen molar-refractivity contribution in [3.8, 4) is 11.5 Å². The van der Waals surface area contributed by atoms with Crippen molar-refractivity contribution in [1.29, 1.82) is 0 Å². The molecule has 21 heavy (non-hydrogen) atoms. The fraction of sp³-hybridized carbons (Fsp3) is 0.353. The van der Waals surface area contributed by atoms with Gasteiger partial charge in [0.1, 0.15) is 11.5 Å². The van der Waals surface area contributed by atoms with E-state index in [1.165, 1.54) is 0 Å². The number of nitrogens with zero attached hydrogens (tertiary/aromatic N) is 1. The zero-order valence-corrected chi connectivity index (χ0v) is 13.4. The highest BCUT2D eigenvalue weighted by molar-refractivity contribution is 6.31. The number of halogens is 1. The van der Waals surface area contributed by atoms with Crippen molar-refractivity contribution in [3.05, 3.63) is 52.8 Å². The molecule has 3 nitrogen and oxygen atoms in total. The first-order valence-corrected chi connectivity index (χ1v) is 7.67. The van der Waals surface area contributed by atoms with E-state index in [9.17, 15) is 0 Å². The van der Waals surface area contributed by atoms with Crippen LogP contribution in [0.2, 0.25) is 5.02 Å². The Kier molecular flexibility index (Phi) is 5.59. The number of nitrogens with one attached hydrogen (secondary N) is 1. The molecule has 112 valence electrons. The van der Waals surface area contributed by atoms with Gasteiger partial charge in [-0.2, -0.15) is 0 Å². The van der Waals surface area contributed by atoms with Crippen LogP contribution in [0.1, 0.15) is 38.1 Å². The number of hydrogen-bond acceptors (Lipinski definition) is 3. The van der Waals surface area contributed by atoms with Crippen molar-refractivity contribution in [2.75, 3.05) is 6.54 Å². The zero-order chi connectivity index (χ0) is 15.2. The molecule has 1 N–H and O–H groups in total. The number of benzene rings is 1. The van der Waals surface area contributed by atoms with Crippen molar-refractivity contribution in [2.24, 2.45) is 0 Å². The van der Waals surface area contributed by atoms with Crippen LogP contribution in [0.4, 0.5) is 0 Å². The summed E-state index contributed by atoms with van der Waals surface area (Å²) in [4.78, 5) is 4.44. The van der Waals surface area contributed by atoms with Gasteiger partial charge in [-0.1, -0.05) is 25.4 Å². The molecule has 0 aliphatic heterocycles. The van der Waals surface area contributed by atoms with Crippen molar-refractivity contribution in [2.45, 2.75) is 33.2 Å². The maximum Gasteiger partial charge on any atom is 0.145 e. The van der Waals surface area contributed by atoms with Gasteiger partial charge < -0.3 is 10.1 Å². The van der Waals surface area contributed by atoms with Crippen LogP contribution in [-0.4, -0.2) is 11.5 Å². The van der Waals surface area contributed by atoms with Crippen LogP contribution in [0, 0.1) is 0 Å². The molecule has 0 radical (unpaired) electrons. The second-order valence-corrected chi connectivity index (χ2v) is 5.31. The predicted octanol–water partition coefficient (Wildman–Crippen LogP) is 4.76. The third-order valence-corrected chi connectivity index (χ3v) is 3.72. The molecule has 4 heteroatoms. The van der Waals surface area contributed by atoms with Crippen LogP contribution in [0.3, 0.4) is 0 Å². The molecule has 0 fully saturated rings. The maximum atomic E-state index is 6.11. The molecule has 1 unspecified atom stereocenters. The molecule has 2 aromatic rings. The van der Waals surface area contributed by atoms with E-state index in [2.05, 4.69) is 31.1 Å². The van der Waals surface area contributed by atoms with Gasteiger partial charge in [0, 0.05) is 11.1 Å². The molecular formula is C17H21ClN2O. The van der Waals surface area contributed by atoms with Crippen LogP contribution < -0.4 is 10.1 Å². The van der Waals surface area contributed by atoms with Crippen LogP contribution >= 0.6 is 11.6 Å². The topological polar surface area (TPSA) is 34.1 Å². The summed E-state index contributed by atoms with van der Waals surface area (Å²) in [6.07, 6.45) is 2.64. The lowest BCUT2D eigenvalue weighted by atomic mass is 10.1. The Bertz CT molecular complexity index is 584. The molecule has 0 saturated carbocycles. The minimum atomic E-state index is 0.242. The highest BCUT2D eigenvalue weighted by atomic mass is 35.5. The van der Waals surface area contributed by atoms with E-state index in [0.717, 1.165) is 40.7 Å². The van der Waals surface area contributed by atoms with Crippen LogP contribution in [0.5, 0.6) is 11.5 Å². The molecule has 0 bridgehead atoms. The summed E-state index contributed by atoms with van der Waals surface area (Å²) in [6.45, 7) is 7.17. The van der Waals surface area contributed by atoms with Gasteiger partial charge in [-0.15, -0.1) is 0 Å². The zero-order valence-electron chi connectivity index (χ0n) is 12.7. The lowest BCUT2D eigenvalue weighted by Gasteiger charge is -2.12. The smallest absolute Gasteiger partial charge is 0.145 e. The molecule has 1 aromatic carbocycles. The van der Waals surface area contributed by atoms with Crippen LogP contribution in [0.15, 0.2) is 36.5 Å². The van der Waals surface area contributed by atoms with Crippen molar-refractivity contribution in [1.82, 2.24) is 10.3 Å². The number of aromatic nitrogens is 1. The molecule has 0 spiro atoms. The summed E-state index contributed by atoms with van der Waals surface area (Å²) < 4.78 is 5.83. The lowest BCUT2D eigenvalue weighted by Crippen LogP contribution is -2.18. The van der Waals surface area contributed by atoms with Crippen LogP contribution in [-0.2, 0) is 6.42 Å². The van der Waals surface area contributed by atoms with Gasteiger partial charge in [0.25, 0.3) is 0 Å². The molecule has 1 atom stereocenters. The van der Waals surface area contributed by atoms with Gasteiger partial charge in [0.15, 0.2) is 0 Å². The van der Waals surface area contributed by atoms with Crippen LogP contribution in [0.25, 0.3) is 0 Å². The summed E-state index contributed by atoms with van der Waals surface area (Å²) in [5, 5.41) is 4.11. The molecule has 1 heterocycles. The van der Waals surface area contributed by atoms with Crippen molar-refractivity contribution in [3.63, 3.8) is 0 Å². The monoisotopic (exact) mass is 304 g/mol. The van der Waals surface area contributed by atoms with E-state index in [1.807, 2.05) is 30.3 Å². The quantitative estimate of drug-likeness (QED) is 0.835. The van der Waals surface area contributed by atoms with E-state index in [1.54, 1.807) is 6.20 Å². The van der Waals surface area contributed by atoms with E-state index >= 15 is 0 Å². The summed E-state index contributed by atoms with van der Waals surface area (Å²) >= 11 is 6.11. The van der Waals surface area contributed by atoms with E-state index in [4.69, 9.17) is 16.3 Å². The van der Waals surface area contributed by atoms with E-state index in [-0.39, 0.29) is 6.04 Å². The van der Waals surface area contributed by atoms with Gasteiger partial charge in [0.05, 0.1) is 11.9 Å². The highest BCUT2D eigenvalue weighted by Crippen LogP contribution is 2.26. The Morgan fingerprint density at radius 1 is 1.19 bits per heavy atom. The number of ether oxygens (including phenoxy) is 1. The average Bonchev–Trinajstić information content (AvgIpc) is 2.50. The van der Waals surface area contributed by atoms with Crippen molar-refractivity contribution >= 4 is 11.6 Å². The van der Waals surface area contributed by atoms with E-state index < -0.39 is 0 Å². The molecule has 2 rings (SSSR count). The molecular weight excluding hydrogens is 284 g/mol. The summed E-state index contributed by atoms with van der Waals surface area (Å²) in [5.41, 5.74) is 2.09. The summed E-state index contributed by atoms with van der Waals surface area (Å²) in [5.74, 6) is 1.51. The third kappa shape index (κ3) is 4.19. The first-order valence-electron chi connectivity index (χ1n) is 7.29. The first-order chi connectivity index (χ1) is 10.1. The fourth-order valence-electron chi connectivity index (χ4n) is 2.14. The molecule has 1 aromatic heterocycles. The van der Waals surface area contributed by atoms with Crippen molar-refractivity contribution < 1.29 is 4.74 Å². The molecule has 0 saturated heterocycles. The Morgan fingerprint density at radius 3 is 2.57 bits per heavy atom. The molecule has 0 aliphatic rings. The maximum absolute atomic E-state index is 6.11. The Balaban J connectivity index is 2.09. The Morgan fingerprint density at radius 2 is 1.95 bits per heavy atom. The predicted molar refractivity (Wildman–Crippen MR) is 87.2 cm³/mol. The second-order valence-electron chi connectivity index (χ2n) is 4.91. The summed E-state index contributed by atoms with van der Waals surface area (Å²) in [6, 6.07) is 9.88. The minimum Gasteiger partial charge on any atom is -0.456 e. The molecule has 0 aliphatic carbocycles. The number of pyridine rings is 1. The number of aryl methyl sites for hydroxylation is 1. The SMILES string of the molecule is CCNC(C)c1ccc(Oc2ccc(Cl)c(CC)c2)cn1. The number of rotatable bonds is 6. The van der Waals surface area contributed by atoms with Gasteiger partial charge in [-0.25, -0.2) is 0 Å². The van der Waals surface area contributed by atoms with Gasteiger partial charge in [-0.05, 0) is 55.8 Å². The number of hydrogen-bond donors (Lipinski definition) is 1.